The molecule has 8 heteroatoms. The molecule has 4 aromatic carbocycles. The van der Waals surface area contributed by atoms with Gasteiger partial charge in [0.05, 0.1) is 16.7 Å². The molecule has 0 radical (unpaired) electrons. The van der Waals surface area contributed by atoms with Gasteiger partial charge in [-0.05, 0) is 60.7 Å². The van der Waals surface area contributed by atoms with E-state index in [0.29, 0.717) is 23.1 Å². The largest absolute Gasteiger partial charge is 0.445 e. The molecule has 0 atom stereocenters. The molecule has 1 aliphatic heterocycles. The number of fused-ring (bicyclic) bond motifs is 5. The summed E-state index contributed by atoms with van der Waals surface area (Å²) in [7, 11) is 2.00. The van der Waals surface area contributed by atoms with Crippen LogP contribution in [0, 0.1) is 0 Å². The number of anilines is 3. The van der Waals surface area contributed by atoms with Crippen molar-refractivity contribution in [3.63, 3.8) is 0 Å². The lowest BCUT2D eigenvalue weighted by atomic mass is 10.1. The summed E-state index contributed by atoms with van der Waals surface area (Å²) in [6, 6.07) is 38.9. The Kier molecular flexibility index (Phi) is 5.86. The van der Waals surface area contributed by atoms with E-state index in [9.17, 15) is 0 Å². The van der Waals surface area contributed by atoms with Crippen molar-refractivity contribution in [1.29, 1.82) is 0 Å². The molecule has 8 aromatic rings. The van der Waals surface area contributed by atoms with Crippen molar-refractivity contribution in [2.45, 2.75) is 0 Å². The molecule has 0 unspecified atom stereocenters. The van der Waals surface area contributed by atoms with E-state index < -0.39 is 0 Å². The first-order chi connectivity index (χ1) is 22.7. The van der Waals surface area contributed by atoms with E-state index in [1.54, 1.807) is 6.20 Å². The van der Waals surface area contributed by atoms with E-state index in [1.807, 2.05) is 78.7 Å². The van der Waals surface area contributed by atoms with Gasteiger partial charge in [-0.1, -0.05) is 54.6 Å². The van der Waals surface area contributed by atoms with Crippen molar-refractivity contribution >= 4 is 38.9 Å². The van der Waals surface area contributed by atoms with Gasteiger partial charge in [0.2, 0.25) is 5.75 Å². The second-order valence-electron chi connectivity index (χ2n) is 11.1. The third-order valence-corrected chi connectivity index (χ3v) is 8.34. The van der Waals surface area contributed by atoms with Crippen molar-refractivity contribution in [2.24, 2.45) is 7.05 Å². The van der Waals surface area contributed by atoms with Gasteiger partial charge in [-0.25, -0.2) is 15.0 Å². The highest BCUT2D eigenvalue weighted by Crippen LogP contribution is 2.51. The third-order valence-electron chi connectivity index (χ3n) is 8.34. The van der Waals surface area contributed by atoms with Gasteiger partial charge in [-0.15, -0.1) is 0 Å². The normalized spacial score (nSPS) is 11.9. The van der Waals surface area contributed by atoms with Crippen molar-refractivity contribution in [2.75, 3.05) is 4.90 Å². The topological polar surface area (TPSA) is 70.2 Å². The van der Waals surface area contributed by atoms with Gasteiger partial charge in [-0.2, -0.15) is 0 Å². The fourth-order valence-electron chi connectivity index (χ4n) is 6.28. The zero-order valence-corrected chi connectivity index (χ0v) is 24.8. The second kappa shape index (κ2) is 10.3. The minimum atomic E-state index is 0.408. The lowest BCUT2D eigenvalue weighted by molar-refractivity contribution is 0.349. The number of imidazole rings is 1. The van der Waals surface area contributed by atoms with Crippen LogP contribution in [0.15, 0.2) is 140 Å². The van der Waals surface area contributed by atoms with Gasteiger partial charge >= 0.3 is 0 Å². The molecule has 5 heterocycles. The fraction of sp³-hybridized carbons (Fsp3) is 0.0263. The Bertz CT molecular complexity index is 2410. The average molecular weight is 599 g/mol. The third kappa shape index (κ3) is 4.11. The Hall–Kier alpha value is -6.41. The molecular formula is C38H26N6O2. The first kappa shape index (κ1) is 26.0. The van der Waals surface area contributed by atoms with Crippen LogP contribution >= 0.6 is 0 Å². The molecular weight excluding hydrogens is 572 g/mol. The predicted octanol–water partition coefficient (Wildman–Crippen LogP) is 9.34. The molecule has 220 valence electrons. The fourth-order valence-corrected chi connectivity index (χ4v) is 6.28. The predicted molar refractivity (Wildman–Crippen MR) is 180 cm³/mol. The Morgan fingerprint density at radius 1 is 0.609 bits per heavy atom. The molecule has 46 heavy (non-hydrogen) atoms. The molecule has 0 amide bonds. The van der Waals surface area contributed by atoms with Gasteiger partial charge in [-0.3, -0.25) is 4.57 Å². The molecule has 0 saturated carbocycles. The molecule has 9 rings (SSSR count). The van der Waals surface area contributed by atoms with Crippen LogP contribution in [0.4, 0.5) is 17.1 Å². The van der Waals surface area contributed by atoms with Crippen molar-refractivity contribution in [1.82, 2.24) is 24.1 Å². The van der Waals surface area contributed by atoms with Crippen LogP contribution in [0.2, 0.25) is 0 Å². The molecule has 0 N–H and O–H groups in total. The second-order valence-corrected chi connectivity index (χ2v) is 11.1. The summed E-state index contributed by atoms with van der Waals surface area (Å²) in [5.41, 5.74) is 5.76. The SMILES string of the molecule is Cn1ccnc1-c1cccc(N(c2ccc3c4ccccc4n(-c4ccccn4)c3c2)c2ccnc3c2Oc2ccccc2O3)c1. The number of hydrogen-bond donors (Lipinski definition) is 0. The Labute approximate surface area is 264 Å². The van der Waals surface area contributed by atoms with Crippen molar-refractivity contribution in [3.05, 3.63) is 140 Å². The maximum absolute atomic E-state index is 6.52. The molecule has 8 nitrogen and oxygen atoms in total. The summed E-state index contributed by atoms with van der Waals surface area (Å²) in [5, 5.41) is 2.30. The van der Waals surface area contributed by atoms with Gasteiger partial charge in [0, 0.05) is 59.5 Å². The summed E-state index contributed by atoms with van der Waals surface area (Å²) in [6.07, 6.45) is 7.34. The first-order valence-electron chi connectivity index (χ1n) is 15.0. The van der Waals surface area contributed by atoms with E-state index >= 15 is 0 Å². The number of aryl methyl sites for hydroxylation is 1. The number of aromatic nitrogens is 5. The minimum Gasteiger partial charge on any atom is -0.445 e. The molecule has 1 aliphatic rings. The molecule has 0 spiro atoms. The standard InChI is InChI=1S/C38H26N6O2/c1-42-22-21-40-37(42)25-9-8-10-26(23-25)43(31-18-20-41-38-36(31)45-33-13-4-5-14-34(33)46-38)27-16-17-29-28-11-2-3-12-30(28)44(32(29)24-27)35-15-6-7-19-39-35/h2-24H,1H3. The first-order valence-corrected chi connectivity index (χ1v) is 15.0. The Morgan fingerprint density at radius 3 is 2.26 bits per heavy atom. The van der Waals surface area contributed by atoms with Gasteiger partial charge in [0.15, 0.2) is 11.5 Å². The monoisotopic (exact) mass is 598 g/mol. The van der Waals surface area contributed by atoms with Crippen LogP contribution in [0.3, 0.4) is 0 Å². The van der Waals surface area contributed by atoms with E-state index in [-0.39, 0.29) is 0 Å². The number of para-hydroxylation sites is 3. The maximum atomic E-state index is 6.52. The van der Waals surface area contributed by atoms with Gasteiger partial charge in [0.1, 0.15) is 11.6 Å². The van der Waals surface area contributed by atoms with E-state index in [2.05, 4.69) is 86.2 Å². The summed E-state index contributed by atoms with van der Waals surface area (Å²) in [4.78, 5) is 16.1. The van der Waals surface area contributed by atoms with E-state index in [4.69, 9.17) is 14.5 Å². The highest BCUT2D eigenvalue weighted by molar-refractivity contribution is 6.10. The minimum absolute atomic E-state index is 0.408. The van der Waals surface area contributed by atoms with Crippen LogP contribution in [-0.2, 0) is 7.05 Å². The van der Waals surface area contributed by atoms with Crippen LogP contribution in [0.1, 0.15) is 0 Å². The smallest absolute Gasteiger partial charge is 0.265 e. The summed E-state index contributed by atoms with van der Waals surface area (Å²) < 4.78 is 17.0. The molecule has 0 saturated heterocycles. The number of rotatable bonds is 5. The van der Waals surface area contributed by atoms with E-state index in [0.717, 1.165) is 56.1 Å². The maximum Gasteiger partial charge on any atom is 0.265 e. The molecule has 0 fully saturated rings. The highest BCUT2D eigenvalue weighted by atomic mass is 16.6. The quantitative estimate of drug-likeness (QED) is 0.197. The van der Waals surface area contributed by atoms with Crippen LogP contribution in [0.5, 0.6) is 23.1 Å². The number of nitrogens with zero attached hydrogens (tertiary/aromatic N) is 6. The van der Waals surface area contributed by atoms with Crippen molar-refractivity contribution in [3.8, 4) is 40.3 Å². The van der Waals surface area contributed by atoms with E-state index in [1.165, 1.54) is 0 Å². The zero-order valence-electron chi connectivity index (χ0n) is 24.8. The number of benzene rings is 4. The summed E-state index contributed by atoms with van der Waals surface area (Å²) in [6.45, 7) is 0. The molecule has 0 aliphatic carbocycles. The number of ether oxygens (including phenoxy) is 2. The van der Waals surface area contributed by atoms with Crippen LogP contribution < -0.4 is 14.4 Å². The Morgan fingerprint density at radius 2 is 1.41 bits per heavy atom. The lowest BCUT2D eigenvalue weighted by Gasteiger charge is -2.30. The average Bonchev–Trinajstić information content (AvgIpc) is 3.69. The zero-order chi connectivity index (χ0) is 30.6. The Balaban J connectivity index is 1.30. The lowest BCUT2D eigenvalue weighted by Crippen LogP contribution is -2.13. The summed E-state index contributed by atoms with van der Waals surface area (Å²) in [5.74, 6) is 3.93. The molecule has 4 aromatic heterocycles. The van der Waals surface area contributed by atoms with Crippen molar-refractivity contribution < 1.29 is 9.47 Å². The molecule has 0 bridgehead atoms. The highest BCUT2D eigenvalue weighted by Gasteiger charge is 2.28. The van der Waals surface area contributed by atoms with Crippen LogP contribution in [0.25, 0.3) is 39.0 Å². The van der Waals surface area contributed by atoms with Crippen LogP contribution in [-0.4, -0.2) is 24.1 Å². The number of pyridine rings is 2. The van der Waals surface area contributed by atoms with Gasteiger partial charge in [0.25, 0.3) is 5.88 Å². The number of hydrogen-bond acceptors (Lipinski definition) is 6. The summed E-state index contributed by atoms with van der Waals surface area (Å²) >= 11 is 0. The van der Waals surface area contributed by atoms with Gasteiger partial charge < -0.3 is 18.9 Å².